The van der Waals surface area contributed by atoms with E-state index >= 15 is 0 Å². The van der Waals surface area contributed by atoms with E-state index in [4.69, 9.17) is 11.6 Å². The Bertz CT molecular complexity index is 743. The van der Waals surface area contributed by atoms with Gasteiger partial charge >= 0.3 is 0 Å². The molecule has 0 radical (unpaired) electrons. The number of hydrogen-bond acceptors (Lipinski definition) is 2. The normalized spacial score (nSPS) is 17.8. The highest BCUT2D eigenvalue weighted by Crippen LogP contribution is 2.49. The van der Waals surface area contributed by atoms with Crippen LogP contribution in [0.4, 0.5) is 4.39 Å². The Kier molecular flexibility index (Phi) is 4.61. The van der Waals surface area contributed by atoms with E-state index in [9.17, 15) is 14.3 Å². The molecule has 3 nitrogen and oxygen atoms in total. The Labute approximate surface area is 145 Å². The lowest BCUT2D eigenvalue weighted by molar-refractivity contribution is -0.125. The predicted molar refractivity (Wildman–Crippen MR) is 91.3 cm³/mol. The molecule has 2 unspecified atom stereocenters. The van der Waals surface area contributed by atoms with Gasteiger partial charge in [0.15, 0.2) is 0 Å². The van der Waals surface area contributed by atoms with E-state index in [1.54, 1.807) is 49.4 Å². The van der Waals surface area contributed by atoms with Gasteiger partial charge in [0.2, 0.25) is 5.91 Å². The molecule has 0 aromatic heterocycles. The van der Waals surface area contributed by atoms with Crippen molar-refractivity contribution in [2.45, 2.75) is 37.3 Å². The first-order valence-electron chi connectivity index (χ1n) is 7.93. The van der Waals surface area contributed by atoms with Crippen molar-refractivity contribution in [2.75, 3.05) is 0 Å². The van der Waals surface area contributed by atoms with Crippen LogP contribution in [0.3, 0.4) is 0 Å². The highest BCUT2D eigenvalue weighted by Gasteiger charge is 2.53. The minimum Gasteiger partial charge on any atom is -0.386 e. The van der Waals surface area contributed by atoms with E-state index in [1.165, 1.54) is 6.07 Å². The third kappa shape index (κ3) is 3.17. The lowest BCUT2D eigenvalue weighted by Gasteiger charge is -2.24. The molecule has 1 saturated carbocycles. The number of carbonyl (C=O) groups is 1. The molecule has 1 aliphatic carbocycles. The van der Waals surface area contributed by atoms with Crippen LogP contribution in [0, 0.1) is 5.82 Å². The molecule has 5 heteroatoms. The Morgan fingerprint density at radius 3 is 2.42 bits per heavy atom. The summed E-state index contributed by atoms with van der Waals surface area (Å²) < 4.78 is 14.0. The lowest BCUT2D eigenvalue weighted by atomic mass is 9.93. The summed E-state index contributed by atoms with van der Waals surface area (Å²) in [7, 11) is 0. The fourth-order valence-corrected chi connectivity index (χ4v) is 3.09. The van der Waals surface area contributed by atoms with Crippen LogP contribution in [0.2, 0.25) is 5.02 Å². The fourth-order valence-electron chi connectivity index (χ4n) is 2.97. The van der Waals surface area contributed by atoms with Gasteiger partial charge in [0.1, 0.15) is 5.82 Å². The van der Waals surface area contributed by atoms with Gasteiger partial charge in [0.25, 0.3) is 0 Å². The van der Waals surface area contributed by atoms with Crippen molar-refractivity contribution >= 4 is 17.5 Å². The Morgan fingerprint density at radius 2 is 1.83 bits per heavy atom. The van der Waals surface area contributed by atoms with Crippen LogP contribution in [0.5, 0.6) is 0 Å². The van der Waals surface area contributed by atoms with Crippen molar-refractivity contribution < 1.29 is 14.3 Å². The van der Waals surface area contributed by atoms with Crippen LogP contribution in [-0.2, 0) is 10.2 Å². The van der Waals surface area contributed by atoms with E-state index in [1.807, 2.05) is 0 Å². The minimum atomic E-state index is -0.859. The van der Waals surface area contributed by atoms with Gasteiger partial charge in [0, 0.05) is 10.6 Å². The zero-order valence-corrected chi connectivity index (χ0v) is 14.1. The van der Waals surface area contributed by atoms with E-state index in [-0.39, 0.29) is 11.7 Å². The van der Waals surface area contributed by atoms with Gasteiger partial charge in [-0.25, -0.2) is 4.39 Å². The number of benzene rings is 2. The zero-order chi connectivity index (χ0) is 17.3. The molecule has 0 saturated heterocycles. The molecule has 0 aliphatic heterocycles. The molecule has 2 N–H and O–H groups in total. The van der Waals surface area contributed by atoms with Gasteiger partial charge in [-0.3, -0.25) is 4.79 Å². The summed E-state index contributed by atoms with van der Waals surface area (Å²) in [5.74, 6) is -0.607. The molecule has 126 valence electrons. The van der Waals surface area contributed by atoms with Crippen molar-refractivity contribution in [3.8, 4) is 0 Å². The fraction of sp³-hybridized carbons (Fsp3) is 0.316. The molecule has 24 heavy (non-hydrogen) atoms. The van der Waals surface area contributed by atoms with E-state index < -0.39 is 17.6 Å². The second-order valence-electron chi connectivity index (χ2n) is 6.32. The average Bonchev–Trinajstić information content (AvgIpc) is 3.37. The summed E-state index contributed by atoms with van der Waals surface area (Å²) in [6.45, 7) is 1.73. The van der Waals surface area contributed by atoms with Gasteiger partial charge in [-0.2, -0.15) is 0 Å². The number of nitrogens with one attached hydrogen (secondary N) is 1. The molecule has 0 spiro atoms. The van der Waals surface area contributed by atoms with E-state index in [2.05, 4.69) is 5.32 Å². The van der Waals surface area contributed by atoms with Crippen LogP contribution in [0.15, 0.2) is 48.5 Å². The van der Waals surface area contributed by atoms with Crippen molar-refractivity contribution in [3.63, 3.8) is 0 Å². The minimum absolute atomic E-state index is 0.242. The van der Waals surface area contributed by atoms with Gasteiger partial charge in [0.05, 0.1) is 17.6 Å². The first-order valence-corrected chi connectivity index (χ1v) is 8.31. The SMILES string of the molecule is CC(NC(=O)C1(c2ccccc2F)CC1)C(O)c1ccc(Cl)cc1. The first kappa shape index (κ1) is 16.9. The Balaban J connectivity index is 1.72. The van der Waals surface area contributed by atoms with Crippen molar-refractivity contribution in [1.29, 1.82) is 0 Å². The maximum absolute atomic E-state index is 14.0. The molecule has 1 fully saturated rings. The van der Waals surface area contributed by atoms with Crippen LogP contribution in [0.25, 0.3) is 0 Å². The molecular weight excluding hydrogens is 329 g/mol. The summed E-state index contributed by atoms with van der Waals surface area (Å²) in [6, 6.07) is 12.7. The monoisotopic (exact) mass is 347 g/mol. The molecule has 1 aliphatic rings. The van der Waals surface area contributed by atoms with Gasteiger partial charge in [-0.05, 0) is 43.5 Å². The Morgan fingerprint density at radius 1 is 1.21 bits per heavy atom. The van der Waals surface area contributed by atoms with Crippen LogP contribution >= 0.6 is 11.6 Å². The van der Waals surface area contributed by atoms with Crippen molar-refractivity contribution in [1.82, 2.24) is 5.32 Å². The van der Waals surface area contributed by atoms with Gasteiger partial charge in [-0.15, -0.1) is 0 Å². The highest BCUT2D eigenvalue weighted by molar-refractivity contribution is 6.30. The summed E-state index contributed by atoms with van der Waals surface area (Å²) in [4.78, 5) is 12.7. The number of carbonyl (C=O) groups excluding carboxylic acids is 1. The van der Waals surface area contributed by atoms with E-state index in [0.29, 0.717) is 29.0 Å². The quantitative estimate of drug-likeness (QED) is 0.865. The Hall–Kier alpha value is -1.91. The molecule has 0 heterocycles. The molecule has 3 rings (SSSR count). The maximum Gasteiger partial charge on any atom is 0.231 e. The highest BCUT2D eigenvalue weighted by atomic mass is 35.5. The largest absolute Gasteiger partial charge is 0.386 e. The number of rotatable bonds is 5. The predicted octanol–water partition coefficient (Wildman–Crippen LogP) is 3.75. The summed E-state index contributed by atoms with van der Waals surface area (Å²) in [6.07, 6.45) is 0.371. The molecule has 2 atom stereocenters. The van der Waals surface area contributed by atoms with Crippen LogP contribution in [0.1, 0.15) is 37.0 Å². The summed E-state index contributed by atoms with van der Waals surface area (Å²) >= 11 is 5.84. The second kappa shape index (κ2) is 6.54. The molecule has 0 bridgehead atoms. The standard InChI is InChI=1S/C19H19ClFNO2/c1-12(17(23)13-6-8-14(20)9-7-13)22-18(24)19(10-11-19)15-4-2-3-5-16(15)21/h2-9,12,17,23H,10-11H2,1H3,(H,22,24). The second-order valence-corrected chi connectivity index (χ2v) is 6.76. The number of hydrogen-bond donors (Lipinski definition) is 2. The first-order chi connectivity index (χ1) is 11.4. The molecule has 1 amide bonds. The van der Waals surface area contributed by atoms with Crippen LogP contribution < -0.4 is 5.32 Å². The third-order valence-electron chi connectivity index (χ3n) is 4.62. The number of aliphatic hydroxyl groups is 1. The van der Waals surface area contributed by atoms with Crippen molar-refractivity contribution in [2.24, 2.45) is 0 Å². The topological polar surface area (TPSA) is 49.3 Å². The third-order valence-corrected chi connectivity index (χ3v) is 4.87. The number of aliphatic hydroxyl groups excluding tert-OH is 1. The smallest absolute Gasteiger partial charge is 0.231 e. The van der Waals surface area contributed by atoms with Gasteiger partial charge < -0.3 is 10.4 Å². The maximum atomic E-state index is 14.0. The van der Waals surface area contributed by atoms with Crippen molar-refractivity contribution in [3.05, 3.63) is 70.5 Å². The summed E-state index contributed by atoms with van der Waals surface area (Å²) in [5.41, 5.74) is 0.290. The molecule has 2 aromatic rings. The average molecular weight is 348 g/mol. The summed E-state index contributed by atoms with van der Waals surface area (Å²) in [5, 5.41) is 13.8. The van der Waals surface area contributed by atoms with Crippen LogP contribution in [-0.4, -0.2) is 17.1 Å². The molecule has 2 aromatic carbocycles. The molecular formula is C19H19ClFNO2. The number of halogens is 2. The number of amides is 1. The lowest BCUT2D eigenvalue weighted by Crippen LogP contribution is -2.43. The van der Waals surface area contributed by atoms with Gasteiger partial charge in [-0.1, -0.05) is 41.9 Å². The van der Waals surface area contributed by atoms with E-state index in [0.717, 1.165) is 0 Å². The zero-order valence-electron chi connectivity index (χ0n) is 13.3.